The SMILES string of the molecule is CCCNCc1ccc2c(c1)C[C@@H](C)O2. The average Bonchev–Trinajstić information content (AvgIpc) is 2.57. The summed E-state index contributed by atoms with van der Waals surface area (Å²) in [5.74, 6) is 1.07. The van der Waals surface area contributed by atoms with Crippen LogP contribution in [0.1, 0.15) is 31.4 Å². The molecule has 1 aliphatic heterocycles. The Morgan fingerprint density at radius 1 is 1.47 bits per heavy atom. The van der Waals surface area contributed by atoms with E-state index in [4.69, 9.17) is 4.74 Å². The van der Waals surface area contributed by atoms with E-state index in [0.29, 0.717) is 6.10 Å². The van der Waals surface area contributed by atoms with E-state index in [-0.39, 0.29) is 0 Å². The Morgan fingerprint density at radius 2 is 2.33 bits per heavy atom. The molecule has 2 nitrogen and oxygen atoms in total. The summed E-state index contributed by atoms with van der Waals surface area (Å²) in [5, 5.41) is 3.41. The lowest BCUT2D eigenvalue weighted by Gasteiger charge is -2.05. The highest BCUT2D eigenvalue weighted by atomic mass is 16.5. The molecule has 0 aromatic heterocycles. The van der Waals surface area contributed by atoms with Gasteiger partial charge in [-0.1, -0.05) is 19.1 Å². The number of fused-ring (bicyclic) bond motifs is 1. The molecule has 0 fully saturated rings. The lowest BCUT2D eigenvalue weighted by Crippen LogP contribution is -2.13. The van der Waals surface area contributed by atoms with Crippen LogP contribution < -0.4 is 10.1 Å². The van der Waals surface area contributed by atoms with Gasteiger partial charge in [-0.3, -0.25) is 0 Å². The number of ether oxygens (including phenoxy) is 1. The Kier molecular flexibility index (Phi) is 3.27. The summed E-state index contributed by atoms with van der Waals surface area (Å²) in [6.07, 6.45) is 2.58. The molecule has 0 saturated heterocycles. The van der Waals surface area contributed by atoms with Gasteiger partial charge in [0.1, 0.15) is 11.9 Å². The van der Waals surface area contributed by atoms with Crippen LogP contribution in [0.2, 0.25) is 0 Å². The van der Waals surface area contributed by atoms with Crippen LogP contribution in [0.3, 0.4) is 0 Å². The van der Waals surface area contributed by atoms with E-state index in [9.17, 15) is 0 Å². The molecule has 0 bridgehead atoms. The van der Waals surface area contributed by atoms with Crippen LogP contribution in [0.4, 0.5) is 0 Å². The van der Waals surface area contributed by atoms with E-state index < -0.39 is 0 Å². The average molecular weight is 205 g/mol. The molecule has 0 radical (unpaired) electrons. The summed E-state index contributed by atoms with van der Waals surface area (Å²) in [5.41, 5.74) is 2.72. The summed E-state index contributed by atoms with van der Waals surface area (Å²) in [4.78, 5) is 0. The van der Waals surface area contributed by atoms with Crippen molar-refractivity contribution in [2.24, 2.45) is 0 Å². The molecule has 2 rings (SSSR count). The zero-order chi connectivity index (χ0) is 10.7. The Morgan fingerprint density at radius 3 is 3.13 bits per heavy atom. The predicted molar refractivity (Wildman–Crippen MR) is 62.2 cm³/mol. The van der Waals surface area contributed by atoms with Gasteiger partial charge in [0, 0.05) is 13.0 Å². The lowest BCUT2D eigenvalue weighted by atomic mass is 10.1. The highest BCUT2D eigenvalue weighted by molar-refractivity contribution is 5.40. The normalized spacial score (nSPS) is 18.7. The number of nitrogens with one attached hydrogen (secondary N) is 1. The first-order chi connectivity index (χ1) is 7.29. The number of rotatable bonds is 4. The van der Waals surface area contributed by atoms with Gasteiger partial charge in [0.25, 0.3) is 0 Å². The Labute approximate surface area is 91.6 Å². The fourth-order valence-electron chi connectivity index (χ4n) is 1.99. The first kappa shape index (κ1) is 10.5. The molecule has 1 aliphatic rings. The monoisotopic (exact) mass is 205 g/mol. The molecular weight excluding hydrogens is 186 g/mol. The zero-order valence-electron chi connectivity index (χ0n) is 9.55. The topological polar surface area (TPSA) is 21.3 Å². The molecule has 1 aromatic carbocycles. The minimum Gasteiger partial charge on any atom is -0.490 e. The van der Waals surface area contributed by atoms with Crippen LogP contribution in [0, 0.1) is 0 Å². The van der Waals surface area contributed by atoms with Gasteiger partial charge in [0.05, 0.1) is 0 Å². The van der Waals surface area contributed by atoms with Gasteiger partial charge in [-0.15, -0.1) is 0 Å². The highest BCUT2D eigenvalue weighted by Crippen LogP contribution is 2.29. The molecule has 1 atom stereocenters. The Balaban J connectivity index is 2.00. The third-order valence-electron chi connectivity index (χ3n) is 2.72. The summed E-state index contributed by atoms with van der Waals surface area (Å²) < 4.78 is 5.67. The first-order valence-electron chi connectivity index (χ1n) is 5.78. The number of hydrogen-bond donors (Lipinski definition) is 1. The van der Waals surface area contributed by atoms with E-state index in [1.165, 1.54) is 17.5 Å². The summed E-state index contributed by atoms with van der Waals surface area (Å²) in [6, 6.07) is 6.52. The summed E-state index contributed by atoms with van der Waals surface area (Å²) >= 11 is 0. The molecule has 0 unspecified atom stereocenters. The van der Waals surface area contributed by atoms with Crippen LogP contribution in [0.25, 0.3) is 0 Å². The third-order valence-corrected chi connectivity index (χ3v) is 2.72. The second-order valence-corrected chi connectivity index (χ2v) is 4.25. The van der Waals surface area contributed by atoms with Crippen molar-refractivity contribution >= 4 is 0 Å². The van der Waals surface area contributed by atoms with Gasteiger partial charge in [0.2, 0.25) is 0 Å². The van der Waals surface area contributed by atoms with Crippen molar-refractivity contribution in [3.63, 3.8) is 0 Å². The molecule has 82 valence electrons. The molecule has 0 amide bonds. The fourth-order valence-corrected chi connectivity index (χ4v) is 1.99. The fraction of sp³-hybridized carbons (Fsp3) is 0.538. The van der Waals surface area contributed by atoms with Crippen LogP contribution >= 0.6 is 0 Å². The van der Waals surface area contributed by atoms with Gasteiger partial charge in [-0.2, -0.15) is 0 Å². The number of hydrogen-bond acceptors (Lipinski definition) is 2. The van der Waals surface area contributed by atoms with Crippen molar-refractivity contribution in [3.8, 4) is 5.75 Å². The smallest absolute Gasteiger partial charge is 0.123 e. The van der Waals surface area contributed by atoms with Gasteiger partial charge in [-0.05, 0) is 37.1 Å². The van der Waals surface area contributed by atoms with Gasteiger partial charge in [0.15, 0.2) is 0 Å². The highest BCUT2D eigenvalue weighted by Gasteiger charge is 2.18. The van der Waals surface area contributed by atoms with Crippen LogP contribution in [0.5, 0.6) is 5.75 Å². The van der Waals surface area contributed by atoms with Gasteiger partial charge in [-0.25, -0.2) is 0 Å². The van der Waals surface area contributed by atoms with E-state index >= 15 is 0 Å². The molecule has 1 aromatic rings. The summed E-state index contributed by atoms with van der Waals surface area (Å²) in [7, 11) is 0. The standard InChI is InChI=1S/C13H19NO/c1-3-6-14-9-11-4-5-13-12(8-11)7-10(2)15-13/h4-5,8,10,14H,3,6-7,9H2,1-2H3/t10-/m1/s1. The van der Waals surface area contributed by atoms with E-state index in [0.717, 1.165) is 25.3 Å². The number of benzene rings is 1. The van der Waals surface area contributed by atoms with Crippen molar-refractivity contribution in [3.05, 3.63) is 29.3 Å². The second-order valence-electron chi connectivity index (χ2n) is 4.25. The molecule has 0 saturated carbocycles. The van der Waals surface area contributed by atoms with Crippen molar-refractivity contribution in [2.45, 2.75) is 39.3 Å². The van der Waals surface area contributed by atoms with Crippen molar-refractivity contribution in [2.75, 3.05) is 6.54 Å². The largest absolute Gasteiger partial charge is 0.490 e. The van der Waals surface area contributed by atoms with Crippen LogP contribution in [-0.4, -0.2) is 12.6 Å². The van der Waals surface area contributed by atoms with Crippen molar-refractivity contribution in [1.82, 2.24) is 5.32 Å². The van der Waals surface area contributed by atoms with E-state index in [2.05, 4.69) is 37.4 Å². The molecule has 1 heterocycles. The lowest BCUT2D eigenvalue weighted by molar-refractivity contribution is 0.254. The molecular formula is C13H19NO. The second kappa shape index (κ2) is 4.67. The Bertz CT molecular complexity index is 335. The maximum Gasteiger partial charge on any atom is 0.123 e. The van der Waals surface area contributed by atoms with Gasteiger partial charge >= 0.3 is 0 Å². The van der Waals surface area contributed by atoms with Gasteiger partial charge < -0.3 is 10.1 Å². The van der Waals surface area contributed by atoms with Crippen LogP contribution in [0.15, 0.2) is 18.2 Å². The zero-order valence-corrected chi connectivity index (χ0v) is 9.55. The minimum absolute atomic E-state index is 0.346. The molecule has 0 spiro atoms. The van der Waals surface area contributed by atoms with E-state index in [1.54, 1.807) is 0 Å². The maximum absolute atomic E-state index is 5.67. The van der Waals surface area contributed by atoms with E-state index in [1.807, 2.05) is 0 Å². The molecule has 15 heavy (non-hydrogen) atoms. The van der Waals surface area contributed by atoms with Crippen LogP contribution in [-0.2, 0) is 13.0 Å². The summed E-state index contributed by atoms with van der Waals surface area (Å²) in [6.45, 7) is 6.36. The quantitative estimate of drug-likeness (QED) is 0.763. The van der Waals surface area contributed by atoms with Crippen molar-refractivity contribution in [1.29, 1.82) is 0 Å². The Hall–Kier alpha value is -1.02. The van der Waals surface area contributed by atoms with Crippen molar-refractivity contribution < 1.29 is 4.74 Å². The first-order valence-corrected chi connectivity index (χ1v) is 5.78. The minimum atomic E-state index is 0.346. The maximum atomic E-state index is 5.67. The molecule has 1 N–H and O–H groups in total. The molecule has 0 aliphatic carbocycles. The predicted octanol–water partition coefficient (Wildman–Crippen LogP) is 2.51. The molecule has 2 heteroatoms. The third kappa shape index (κ3) is 2.51.